The highest BCUT2D eigenvalue weighted by Gasteiger charge is 2.08. The largest absolute Gasteiger partial charge is 0.493 e. The minimum atomic E-state index is 0.673. The normalized spacial score (nSPS) is 10.4. The summed E-state index contributed by atoms with van der Waals surface area (Å²) in [4.78, 5) is 4.60. The monoisotopic (exact) mass is 346 g/mol. The van der Waals surface area contributed by atoms with E-state index in [0.717, 1.165) is 22.1 Å². The lowest BCUT2D eigenvalue weighted by atomic mass is 10.2. The number of thiazole rings is 1. The molecular formula is C17H15ClN2O2S. The lowest BCUT2D eigenvalue weighted by Crippen LogP contribution is -1.94. The average molecular weight is 347 g/mol. The molecule has 23 heavy (non-hydrogen) atoms. The molecule has 0 spiro atoms. The van der Waals surface area contributed by atoms with Crippen LogP contribution >= 0.6 is 22.9 Å². The Morgan fingerprint density at radius 2 is 1.74 bits per heavy atom. The number of nitrogens with one attached hydrogen (secondary N) is 1. The van der Waals surface area contributed by atoms with Crippen LogP contribution in [0.1, 0.15) is 0 Å². The minimum absolute atomic E-state index is 0.673. The van der Waals surface area contributed by atoms with Crippen LogP contribution in [0.5, 0.6) is 11.5 Å². The molecule has 1 N–H and O–H groups in total. The predicted molar refractivity (Wildman–Crippen MR) is 95.4 cm³/mol. The van der Waals surface area contributed by atoms with E-state index in [1.54, 1.807) is 14.2 Å². The van der Waals surface area contributed by atoms with E-state index < -0.39 is 0 Å². The number of ether oxygens (including phenoxy) is 2. The summed E-state index contributed by atoms with van der Waals surface area (Å²) in [5.74, 6) is 1.37. The molecule has 0 amide bonds. The summed E-state index contributed by atoms with van der Waals surface area (Å²) >= 11 is 7.45. The van der Waals surface area contributed by atoms with Crippen molar-refractivity contribution < 1.29 is 9.47 Å². The number of benzene rings is 2. The van der Waals surface area contributed by atoms with Crippen LogP contribution in [0.3, 0.4) is 0 Å². The predicted octanol–water partition coefficient (Wildman–Crippen LogP) is 5.22. The van der Waals surface area contributed by atoms with Gasteiger partial charge >= 0.3 is 0 Å². The topological polar surface area (TPSA) is 43.4 Å². The summed E-state index contributed by atoms with van der Waals surface area (Å²) in [6.45, 7) is 0. The molecule has 0 aliphatic carbocycles. The Balaban J connectivity index is 1.80. The van der Waals surface area contributed by atoms with Crippen molar-refractivity contribution in [2.24, 2.45) is 0 Å². The first-order chi connectivity index (χ1) is 11.2. The number of rotatable bonds is 5. The molecule has 4 nitrogen and oxygen atoms in total. The molecule has 3 aromatic rings. The van der Waals surface area contributed by atoms with Crippen molar-refractivity contribution in [3.8, 4) is 22.8 Å². The van der Waals surface area contributed by atoms with Crippen molar-refractivity contribution in [3.63, 3.8) is 0 Å². The third-order valence-corrected chi connectivity index (χ3v) is 4.29. The molecule has 0 saturated carbocycles. The van der Waals surface area contributed by atoms with Crippen LogP contribution < -0.4 is 14.8 Å². The van der Waals surface area contributed by atoms with Gasteiger partial charge in [-0.15, -0.1) is 11.3 Å². The number of halogens is 1. The van der Waals surface area contributed by atoms with Gasteiger partial charge in [0.25, 0.3) is 0 Å². The highest BCUT2D eigenvalue weighted by Crippen LogP contribution is 2.33. The smallest absolute Gasteiger partial charge is 0.187 e. The molecule has 118 valence electrons. The summed E-state index contributed by atoms with van der Waals surface area (Å²) in [6, 6.07) is 13.3. The Morgan fingerprint density at radius 3 is 2.43 bits per heavy atom. The van der Waals surface area contributed by atoms with Gasteiger partial charge in [-0.3, -0.25) is 0 Å². The van der Waals surface area contributed by atoms with E-state index in [0.29, 0.717) is 16.5 Å². The molecule has 2 aromatic carbocycles. The zero-order chi connectivity index (χ0) is 16.2. The molecule has 0 radical (unpaired) electrons. The molecule has 0 fully saturated rings. The maximum Gasteiger partial charge on any atom is 0.187 e. The van der Waals surface area contributed by atoms with E-state index in [4.69, 9.17) is 21.1 Å². The van der Waals surface area contributed by atoms with Crippen LogP contribution in [0.4, 0.5) is 10.8 Å². The number of methoxy groups -OCH3 is 2. The van der Waals surface area contributed by atoms with Crippen LogP contribution in [-0.4, -0.2) is 19.2 Å². The number of aromatic nitrogens is 1. The van der Waals surface area contributed by atoms with Crippen molar-refractivity contribution in [1.29, 1.82) is 0 Å². The fourth-order valence-electron chi connectivity index (χ4n) is 2.12. The third-order valence-electron chi connectivity index (χ3n) is 3.28. The number of hydrogen-bond donors (Lipinski definition) is 1. The van der Waals surface area contributed by atoms with Crippen LogP contribution in [0.2, 0.25) is 5.02 Å². The lowest BCUT2D eigenvalue weighted by molar-refractivity contribution is 0.355. The average Bonchev–Trinajstić information content (AvgIpc) is 3.04. The van der Waals surface area contributed by atoms with Crippen LogP contribution in [0.15, 0.2) is 47.8 Å². The standard InChI is InChI=1S/C17H15ClN2O2S/c1-21-15-8-7-13(9-16(15)22-2)19-17-20-14(10-23-17)11-3-5-12(18)6-4-11/h3-10H,1-2H3,(H,19,20). The second kappa shape index (κ2) is 6.89. The van der Waals surface area contributed by atoms with E-state index in [2.05, 4.69) is 10.3 Å². The van der Waals surface area contributed by atoms with Crippen LogP contribution in [-0.2, 0) is 0 Å². The van der Waals surface area contributed by atoms with Gasteiger partial charge in [0.2, 0.25) is 0 Å². The molecule has 0 bridgehead atoms. The molecular weight excluding hydrogens is 332 g/mol. The quantitative estimate of drug-likeness (QED) is 0.687. The van der Waals surface area contributed by atoms with Crippen molar-refractivity contribution in [2.75, 3.05) is 19.5 Å². The lowest BCUT2D eigenvalue weighted by Gasteiger charge is -2.09. The van der Waals surface area contributed by atoms with Gasteiger partial charge in [0.05, 0.1) is 19.9 Å². The molecule has 3 rings (SSSR count). The van der Waals surface area contributed by atoms with Gasteiger partial charge in [0.15, 0.2) is 16.6 Å². The van der Waals surface area contributed by atoms with E-state index in [-0.39, 0.29) is 0 Å². The summed E-state index contributed by atoms with van der Waals surface area (Å²) in [5.41, 5.74) is 2.83. The molecule has 1 heterocycles. The SMILES string of the molecule is COc1ccc(Nc2nc(-c3ccc(Cl)cc3)cs2)cc1OC. The third kappa shape index (κ3) is 3.57. The van der Waals surface area contributed by atoms with Gasteiger partial charge < -0.3 is 14.8 Å². The first kappa shape index (κ1) is 15.6. The Hall–Kier alpha value is -2.24. The van der Waals surface area contributed by atoms with Crippen molar-refractivity contribution in [2.45, 2.75) is 0 Å². The van der Waals surface area contributed by atoms with Gasteiger partial charge in [0.1, 0.15) is 0 Å². The number of anilines is 2. The molecule has 0 aliphatic heterocycles. The maximum absolute atomic E-state index is 5.91. The highest BCUT2D eigenvalue weighted by atomic mass is 35.5. The van der Waals surface area contributed by atoms with Crippen LogP contribution in [0.25, 0.3) is 11.3 Å². The molecule has 6 heteroatoms. The highest BCUT2D eigenvalue weighted by molar-refractivity contribution is 7.14. The Kier molecular flexibility index (Phi) is 4.69. The van der Waals surface area contributed by atoms with E-state index >= 15 is 0 Å². The van der Waals surface area contributed by atoms with E-state index in [1.165, 1.54) is 11.3 Å². The fourth-order valence-corrected chi connectivity index (χ4v) is 2.99. The zero-order valence-corrected chi connectivity index (χ0v) is 14.2. The minimum Gasteiger partial charge on any atom is -0.493 e. The molecule has 0 unspecified atom stereocenters. The first-order valence-electron chi connectivity index (χ1n) is 6.90. The summed E-state index contributed by atoms with van der Waals surface area (Å²) in [7, 11) is 3.23. The van der Waals surface area contributed by atoms with Crippen molar-refractivity contribution >= 4 is 33.8 Å². The van der Waals surface area contributed by atoms with Gasteiger partial charge in [0, 0.05) is 27.7 Å². The Morgan fingerprint density at radius 1 is 1.00 bits per heavy atom. The molecule has 0 aliphatic rings. The van der Waals surface area contributed by atoms with Crippen molar-refractivity contribution in [1.82, 2.24) is 4.98 Å². The van der Waals surface area contributed by atoms with Gasteiger partial charge in [-0.05, 0) is 24.3 Å². The number of nitrogens with zero attached hydrogens (tertiary/aromatic N) is 1. The van der Waals surface area contributed by atoms with Gasteiger partial charge in [-0.1, -0.05) is 23.7 Å². The molecule has 0 saturated heterocycles. The summed E-state index contributed by atoms with van der Waals surface area (Å²) in [6.07, 6.45) is 0. The molecule has 1 aromatic heterocycles. The second-order valence-electron chi connectivity index (χ2n) is 4.74. The molecule has 0 atom stereocenters. The van der Waals surface area contributed by atoms with E-state index in [1.807, 2.05) is 47.8 Å². The van der Waals surface area contributed by atoms with Gasteiger partial charge in [-0.25, -0.2) is 4.98 Å². The van der Waals surface area contributed by atoms with Gasteiger partial charge in [-0.2, -0.15) is 0 Å². The Bertz CT molecular complexity index is 803. The summed E-state index contributed by atoms with van der Waals surface area (Å²) in [5, 5.41) is 6.81. The zero-order valence-electron chi connectivity index (χ0n) is 12.7. The second-order valence-corrected chi connectivity index (χ2v) is 6.03. The first-order valence-corrected chi connectivity index (χ1v) is 8.16. The maximum atomic E-state index is 5.91. The van der Waals surface area contributed by atoms with Crippen LogP contribution in [0, 0.1) is 0 Å². The van der Waals surface area contributed by atoms with Crippen molar-refractivity contribution in [3.05, 3.63) is 52.9 Å². The Labute approximate surface area is 143 Å². The summed E-state index contributed by atoms with van der Waals surface area (Å²) < 4.78 is 10.5. The van der Waals surface area contributed by atoms with E-state index in [9.17, 15) is 0 Å². The number of hydrogen-bond acceptors (Lipinski definition) is 5. The fraction of sp³-hybridized carbons (Fsp3) is 0.118.